The molecule has 0 saturated carbocycles. The Hall–Kier alpha value is -2.30. The van der Waals surface area contributed by atoms with Crippen molar-refractivity contribution in [3.05, 3.63) is 41.5 Å². The largest absolute Gasteiger partial charge is 0.496 e. The average Bonchev–Trinajstić information content (AvgIpc) is 2.42. The first-order valence-corrected chi connectivity index (χ1v) is 6.70. The molecule has 114 valence electrons. The predicted octanol–water partition coefficient (Wildman–Crippen LogP) is 2.46. The Labute approximate surface area is 124 Å². The van der Waals surface area contributed by atoms with Gasteiger partial charge in [-0.2, -0.15) is 0 Å². The van der Waals surface area contributed by atoms with Crippen LogP contribution in [-0.2, 0) is 4.79 Å². The summed E-state index contributed by atoms with van der Waals surface area (Å²) in [5, 5.41) is 11.7. The van der Waals surface area contributed by atoms with Crippen LogP contribution in [0.2, 0.25) is 0 Å². The summed E-state index contributed by atoms with van der Waals surface area (Å²) in [7, 11) is 1.57. The number of carboxylic acid groups (broad SMARTS) is 1. The number of allylic oxidation sites excluding steroid dienone is 1. The van der Waals surface area contributed by atoms with Crippen molar-refractivity contribution in [3.63, 3.8) is 0 Å². The molecule has 1 rings (SSSR count). The van der Waals surface area contributed by atoms with Gasteiger partial charge in [0.25, 0.3) is 5.91 Å². The van der Waals surface area contributed by atoms with Crippen LogP contribution in [0.15, 0.2) is 24.8 Å². The number of hydrogen-bond acceptors (Lipinski definition) is 3. The third-order valence-electron chi connectivity index (χ3n) is 3.19. The molecule has 0 aliphatic carbocycles. The van der Waals surface area contributed by atoms with Crippen molar-refractivity contribution in [2.24, 2.45) is 0 Å². The van der Waals surface area contributed by atoms with Crippen LogP contribution in [-0.4, -0.2) is 30.1 Å². The van der Waals surface area contributed by atoms with Gasteiger partial charge in [0.15, 0.2) is 0 Å². The van der Waals surface area contributed by atoms with Crippen LogP contribution in [0, 0.1) is 13.8 Å². The molecule has 1 unspecified atom stereocenters. The number of benzene rings is 1. The molecule has 0 aliphatic heterocycles. The second-order valence-electron chi connectivity index (χ2n) is 4.87. The molecular weight excluding hydrogens is 270 g/mol. The molecule has 0 radical (unpaired) electrons. The maximum Gasteiger partial charge on any atom is 0.326 e. The van der Waals surface area contributed by atoms with Gasteiger partial charge < -0.3 is 15.2 Å². The van der Waals surface area contributed by atoms with Gasteiger partial charge in [0, 0.05) is 5.56 Å². The van der Waals surface area contributed by atoms with Gasteiger partial charge in [-0.1, -0.05) is 6.08 Å². The van der Waals surface area contributed by atoms with Gasteiger partial charge in [-0.3, -0.25) is 4.79 Å². The number of aryl methyl sites for hydroxylation is 2. The summed E-state index contributed by atoms with van der Waals surface area (Å²) in [6.45, 7) is 7.24. The van der Waals surface area contributed by atoms with Crippen LogP contribution in [0.3, 0.4) is 0 Å². The Kier molecular flexibility index (Phi) is 5.96. The molecule has 0 bridgehead atoms. The highest BCUT2D eigenvalue weighted by Crippen LogP contribution is 2.24. The number of amides is 1. The number of ether oxygens (including phenoxy) is 1. The fraction of sp³-hybridized carbons (Fsp3) is 0.375. The third-order valence-corrected chi connectivity index (χ3v) is 3.19. The van der Waals surface area contributed by atoms with Crippen molar-refractivity contribution < 1.29 is 19.4 Å². The summed E-state index contributed by atoms with van der Waals surface area (Å²) in [6, 6.07) is 2.46. The van der Waals surface area contributed by atoms with Crippen molar-refractivity contribution in [1.82, 2.24) is 5.32 Å². The van der Waals surface area contributed by atoms with E-state index >= 15 is 0 Å². The third kappa shape index (κ3) is 4.34. The van der Waals surface area contributed by atoms with Crippen molar-refractivity contribution in [3.8, 4) is 5.75 Å². The van der Waals surface area contributed by atoms with Gasteiger partial charge in [0.05, 0.1) is 7.11 Å². The number of carbonyl (C=O) groups is 2. The monoisotopic (exact) mass is 291 g/mol. The molecule has 0 aliphatic rings. The second-order valence-corrected chi connectivity index (χ2v) is 4.87. The Bertz CT molecular complexity index is 528. The minimum Gasteiger partial charge on any atom is -0.496 e. The van der Waals surface area contributed by atoms with E-state index in [1.165, 1.54) is 0 Å². The standard InChI is InChI=1S/C16H21NO4/c1-5-6-7-13(16(19)20)17-15(18)12-8-10(2)14(21-4)11(3)9-12/h5,8-9,13H,1,6-7H2,2-4H3,(H,17,18)(H,19,20). The first-order valence-electron chi connectivity index (χ1n) is 6.70. The summed E-state index contributed by atoms with van der Waals surface area (Å²) < 4.78 is 5.25. The van der Waals surface area contributed by atoms with Gasteiger partial charge in [-0.25, -0.2) is 4.79 Å². The Morgan fingerprint density at radius 3 is 2.38 bits per heavy atom. The first-order chi connectivity index (χ1) is 9.90. The maximum atomic E-state index is 12.2. The lowest BCUT2D eigenvalue weighted by molar-refractivity contribution is -0.139. The second kappa shape index (κ2) is 7.47. The van der Waals surface area contributed by atoms with E-state index < -0.39 is 17.9 Å². The van der Waals surface area contributed by atoms with E-state index in [9.17, 15) is 9.59 Å². The van der Waals surface area contributed by atoms with Gasteiger partial charge >= 0.3 is 5.97 Å². The minimum atomic E-state index is -1.05. The van der Waals surface area contributed by atoms with E-state index in [-0.39, 0.29) is 0 Å². The van der Waals surface area contributed by atoms with Crippen molar-refractivity contribution in [2.45, 2.75) is 32.7 Å². The summed E-state index contributed by atoms with van der Waals surface area (Å²) in [5.41, 5.74) is 2.09. The topological polar surface area (TPSA) is 75.6 Å². The lowest BCUT2D eigenvalue weighted by atomic mass is 10.0. The summed E-state index contributed by atoms with van der Waals surface area (Å²) >= 11 is 0. The molecule has 1 aromatic rings. The molecule has 5 heteroatoms. The number of carbonyl (C=O) groups excluding carboxylic acids is 1. The SMILES string of the molecule is C=CCCC(NC(=O)c1cc(C)c(OC)c(C)c1)C(=O)O. The fourth-order valence-electron chi connectivity index (χ4n) is 2.19. The van der Waals surface area contributed by atoms with Crippen LogP contribution >= 0.6 is 0 Å². The predicted molar refractivity (Wildman–Crippen MR) is 80.8 cm³/mol. The maximum absolute atomic E-state index is 12.2. The number of methoxy groups -OCH3 is 1. The van der Waals surface area contributed by atoms with Crippen molar-refractivity contribution in [2.75, 3.05) is 7.11 Å². The van der Waals surface area contributed by atoms with Crippen molar-refractivity contribution in [1.29, 1.82) is 0 Å². The van der Waals surface area contributed by atoms with E-state index in [4.69, 9.17) is 9.84 Å². The Morgan fingerprint density at radius 1 is 1.38 bits per heavy atom. The van der Waals surface area contributed by atoms with Crippen LogP contribution < -0.4 is 10.1 Å². The van der Waals surface area contributed by atoms with Crippen LogP contribution in [0.1, 0.15) is 34.3 Å². The number of carboxylic acids is 1. The highest BCUT2D eigenvalue weighted by atomic mass is 16.5. The van der Waals surface area contributed by atoms with E-state index in [1.807, 2.05) is 13.8 Å². The van der Waals surface area contributed by atoms with Crippen molar-refractivity contribution >= 4 is 11.9 Å². The quantitative estimate of drug-likeness (QED) is 0.757. The highest BCUT2D eigenvalue weighted by molar-refractivity contribution is 5.97. The summed E-state index contributed by atoms with van der Waals surface area (Å²) in [6.07, 6.45) is 2.47. The molecular formula is C16H21NO4. The number of rotatable bonds is 7. The minimum absolute atomic E-state index is 0.318. The number of aliphatic carboxylic acids is 1. The molecule has 5 nitrogen and oxygen atoms in total. The van der Waals surface area contributed by atoms with Crippen LogP contribution in [0.25, 0.3) is 0 Å². The molecule has 2 N–H and O–H groups in total. The molecule has 0 fully saturated rings. The van der Waals surface area contributed by atoms with Gasteiger partial charge in [0.1, 0.15) is 11.8 Å². The number of hydrogen-bond donors (Lipinski definition) is 2. The normalized spacial score (nSPS) is 11.6. The van der Waals surface area contributed by atoms with E-state index in [2.05, 4.69) is 11.9 Å². The van der Waals surface area contributed by atoms with E-state index in [0.29, 0.717) is 18.4 Å². The summed E-state index contributed by atoms with van der Waals surface area (Å²) in [5.74, 6) is -0.722. The zero-order valence-corrected chi connectivity index (χ0v) is 12.6. The van der Waals surface area contributed by atoms with Gasteiger partial charge in [-0.15, -0.1) is 6.58 Å². The molecule has 1 atom stereocenters. The lowest BCUT2D eigenvalue weighted by Gasteiger charge is -2.15. The first kappa shape index (κ1) is 16.8. The van der Waals surface area contributed by atoms with Crippen LogP contribution in [0.4, 0.5) is 0 Å². The molecule has 0 aromatic heterocycles. The zero-order chi connectivity index (χ0) is 16.0. The number of nitrogens with one attached hydrogen (secondary N) is 1. The molecule has 0 heterocycles. The van der Waals surface area contributed by atoms with Crippen LogP contribution in [0.5, 0.6) is 5.75 Å². The van der Waals surface area contributed by atoms with Gasteiger partial charge in [-0.05, 0) is 49.9 Å². The molecule has 1 aromatic carbocycles. The average molecular weight is 291 g/mol. The van der Waals surface area contributed by atoms with E-state index in [1.54, 1.807) is 25.3 Å². The highest BCUT2D eigenvalue weighted by Gasteiger charge is 2.20. The fourth-order valence-corrected chi connectivity index (χ4v) is 2.19. The molecule has 0 saturated heterocycles. The van der Waals surface area contributed by atoms with E-state index in [0.717, 1.165) is 16.9 Å². The molecule has 1 amide bonds. The lowest BCUT2D eigenvalue weighted by Crippen LogP contribution is -2.40. The Morgan fingerprint density at radius 2 is 1.95 bits per heavy atom. The molecule has 21 heavy (non-hydrogen) atoms. The Balaban J connectivity index is 2.92. The smallest absolute Gasteiger partial charge is 0.326 e. The van der Waals surface area contributed by atoms with Gasteiger partial charge in [0.2, 0.25) is 0 Å². The summed E-state index contributed by atoms with van der Waals surface area (Å²) in [4.78, 5) is 23.3. The zero-order valence-electron chi connectivity index (χ0n) is 12.6. The molecule has 0 spiro atoms.